The third-order valence-corrected chi connectivity index (χ3v) is 11.7. The van der Waals surface area contributed by atoms with Crippen molar-refractivity contribution < 1.29 is 5.11 Å². The molecule has 0 radical (unpaired) electrons. The molecule has 0 saturated heterocycles. The van der Waals surface area contributed by atoms with Crippen LogP contribution in [0.15, 0.2) is 0 Å². The van der Waals surface area contributed by atoms with E-state index in [-0.39, 0.29) is 6.10 Å². The fourth-order valence-corrected chi connectivity index (χ4v) is 9.96. The van der Waals surface area contributed by atoms with Crippen LogP contribution < -0.4 is 11.1 Å². The number of rotatable bonds is 9. The Morgan fingerprint density at radius 1 is 0.879 bits per heavy atom. The monoisotopic (exact) mass is 460 g/mol. The Kier molecular flexibility index (Phi) is 8.24. The highest BCUT2D eigenvalue weighted by Gasteiger charge is 2.62. The van der Waals surface area contributed by atoms with Crippen molar-refractivity contribution in [3.63, 3.8) is 0 Å². The van der Waals surface area contributed by atoms with E-state index in [2.05, 4.69) is 39.9 Å². The molecule has 4 aliphatic rings. The summed E-state index contributed by atoms with van der Waals surface area (Å²) in [5, 5.41) is 14.6. The van der Waals surface area contributed by atoms with Crippen LogP contribution in [0.2, 0.25) is 0 Å². The van der Waals surface area contributed by atoms with Crippen LogP contribution in [0.25, 0.3) is 0 Å². The lowest BCUT2D eigenvalue weighted by Gasteiger charge is -2.63. The van der Waals surface area contributed by atoms with Gasteiger partial charge in [0.05, 0.1) is 6.10 Å². The first kappa shape index (κ1) is 26.0. The maximum absolute atomic E-state index is 10.6. The normalized spacial score (nSPS) is 46.0. The number of nitrogens with one attached hydrogen (secondary N) is 1. The van der Waals surface area contributed by atoms with E-state index in [0.29, 0.717) is 22.8 Å². The van der Waals surface area contributed by atoms with Crippen molar-refractivity contribution in [2.75, 3.05) is 13.1 Å². The Labute approximate surface area is 205 Å². The van der Waals surface area contributed by atoms with Gasteiger partial charge in [-0.2, -0.15) is 0 Å². The molecule has 0 bridgehead atoms. The van der Waals surface area contributed by atoms with Crippen molar-refractivity contribution in [2.24, 2.45) is 58.0 Å². The summed E-state index contributed by atoms with van der Waals surface area (Å²) in [6.45, 7) is 14.5. The van der Waals surface area contributed by atoms with Crippen molar-refractivity contribution in [3.05, 3.63) is 0 Å². The SMILES string of the molecule is CC(C)CCC[C@@H](C)[C@H]1CCC2C3C[C@@H](NCCCN)C4C[C@@H](O)CC[C@]4(C)C3CC[C@@]21C. The Balaban J connectivity index is 1.52. The minimum Gasteiger partial charge on any atom is -0.393 e. The van der Waals surface area contributed by atoms with Crippen LogP contribution in [0, 0.1) is 52.3 Å². The predicted octanol–water partition coefficient (Wildman–Crippen LogP) is 6.39. The van der Waals surface area contributed by atoms with Crippen LogP contribution in [0.4, 0.5) is 0 Å². The second-order valence-corrected chi connectivity index (χ2v) is 13.9. The van der Waals surface area contributed by atoms with E-state index >= 15 is 0 Å². The van der Waals surface area contributed by atoms with Gasteiger partial charge in [0.1, 0.15) is 0 Å². The summed E-state index contributed by atoms with van der Waals surface area (Å²) in [6, 6.07) is 0.572. The highest BCUT2D eigenvalue weighted by atomic mass is 16.3. The first-order chi connectivity index (χ1) is 15.7. The van der Waals surface area contributed by atoms with Crippen LogP contribution in [0.3, 0.4) is 0 Å². The molecular weight excluding hydrogens is 404 g/mol. The average molecular weight is 461 g/mol. The van der Waals surface area contributed by atoms with Crippen LogP contribution in [0.5, 0.6) is 0 Å². The lowest BCUT2D eigenvalue weighted by molar-refractivity contribution is -0.141. The number of hydrogen-bond donors (Lipinski definition) is 3. The molecule has 0 aromatic carbocycles. The molecule has 0 aliphatic heterocycles. The van der Waals surface area contributed by atoms with Gasteiger partial charge in [-0.15, -0.1) is 0 Å². The molecule has 0 spiro atoms. The van der Waals surface area contributed by atoms with Gasteiger partial charge in [-0.25, -0.2) is 0 Å². The Morgan fingerprint density at radius 3 is 2.33 bits per heavy atom. The van der Waals surface area contributed by atoms with Crippen molar-refractivity contribution >= 4 is 0 Å². The minimum atomic E-state index is -0.0881. The van der Waals surface area contributed by atoms with E-state index in [0.717, 1.165) is 67.9 Å². The Bertz CT molecular complexity index is 637. The molecule has 4 rings (SSSR count). The van der Waals surface area contributed by atoms with E-state index in [1.165, 1.54) is 57.8 Å². The van der Waals surface area contributed by atoms with Crippen LogP contribution >= 0.6 is 0 Å². The van der Waals surface area contributed by atoms with Gasteiger partial charge in [-0.1, -0.05) is 53.9 Å². The summed E-state index contributed by atoms with van der Waals surface area (Å²) in [5.41, 5.74) is 6.79. The van der Waals surface area contributed by atoms with Crippen molar-refractivity contribution in [1.82, 2.24) is 5.32 Å². The number of aliphatic hydroxyl groups excluding tert-OH is 1. The van der Waals surface area contributed by atoms with E-state index in [9.17, 15) is 5.11 Å². The number of nitrogens with two attached hydrogens (primary N) is 1. The van der Waals surface area contributed by atoms with Gasteiger partial charge >= 0.3 is 0 Å². The quantitative estimate of drug-likeness (QED) is 0.350. The fourth-order valence-electron chi connectivity index (χ4n) is 9.96. The molecule has 4 fully saturated rings. The van der Waals surface area contributed by atoms with Crippen LogP contribution in [-0.2, 0) is 0 Å². The van der Waals surface area contributed by atoms with Gasteiger partial charge in [0.2, 0.25) is 0 Å². The lowest BCUT2D eigenvalue weighted by atomic mass is 9.43. The number of hydrogen-bond acceptors (Lipinski definition) is 3. The summed E-state index contributed by atoms with van der Waals surface area (Å²) in [5.74, 6) is 5.95. The number of aliphatic hydroxyl groups is 1. The summed E-state index contributed by atoms with van der Waals surface area (Å²) in [4.78, 5) is 0. The molecule has 0 aromatic heterocycles. The largest absolute Gasteiger partial charge is 0.393 e. The average Bonchev–Trinajstić information content (AvgIpc) is 3.12. The van der Waals surface area contributed by atoms with Gasteiger partial charge in [0, 0.05) is 6.04 Å². The minimum absolute atomic E-state index is 0.0881. The third-order valence-electron chi connectivity index (χ3n) is 11.7. The number of fused-ring (bicyclic) bond motifs is 5. The second kappa shape index (κ2) is 10.5. The van der Waals surface area contributed by atoms with Gasteiger partial charge in [0.25, 0.3) is 0 Å². The van der Waals surface area contributed by atoms with E-state index in [1.807, 2.05) is 0 Å². The molecule has 4 N–H and O–H groups in total. The first-order valence-electron chi connectivity index (χ1n) is 14.8. The zero-order valence-electron chi connectivity index (χ0n) is 22.6. The summed E-state index contributed by atoms with van der Waals surface area (Å²) < 4.78 is 0. The Hall–Kier alpha value is -0.120. The zero-order valence-corrected chi connectivity index (χ0v) is 22.6. The van der Waals surface area contributed by atoms with Gasteiger partial charge in [0.15, 0.2) is 0 Å². The van der Waals surface area contributed by atoms with Gasteiger partial charge < -0.3 is 16.2 Å². The summed E-state index contributed by atoms with van der Waals surface area (Å²) in [6.07, 6.45) is 15.6. The van der Waals surface area contributed by atoms with Crippen molar-refractivity contribution in [1.29, 1.82) is 0 Å². The fraction of sp³-hybridized carbons (Fsp3) is 1.00. The molecule has 0 amide bonds. The molecule has 4 aliphatic carbocycles. The molecule has 10 atom stereocenters. The topological polar surface area (TPSA) is 58.3 Å². The van der Waals surface area contributed by atoms with Crippen LogP contribution in [0.1, 0.15) is 112 Å². The molecule has 33 heavy (non-hydrogen) atoms. The molecular formula is C30H56N2O. The first-order valence-corrected chi connectivity index (χ1v) is 14.8. The lowest BCUT2D eigenvalue weighted by Crippen LogP contribution is -2.61. The summed E-state index contributed by atoms with van der Waals surface area (Å²) in [7, 11) is 0. The maximum Gasteiger partial charge on any atom is 0.0543 e. The van der Waals surface area contributed by atoms with E-state index < -0.39 is 0 Å². The molecule has 4 unspecified atom stereocenters. The van der Waals surface area contributed by atoms with E-state index in [1.54, 1.807) is 0 Å². The molecule has 3 nitrogen and oxygen atoms in total. The molecule has 0 aromatic rings. The van der Waals surface area contributed by atoms with Gasteiger partial charge in [-0.05, 0) is 123 Å². The van der Waals surface area contributed by atoms with E-state index in [4.69, 9.17) is 5.73 Å². The Morgan fingerprint density at radius 2 is 1.61 bits per heavy atom. The highest BCUT2D eigenvalue weighted by molar-refractivity contribution is 5.12. The standard InChI is InChI=1S/C30H56N2O/c1-20(2)8-6-9-21(3)24-10-11-25-23-19-28(32-17-7-16-31)27-18-22(33)12-14-30(27,5)26(23)13-15-29(24,25)4/h20-28,32-33H,6-19,31H2,1-5H3/t21-,22+,23?,24-,25?,26?,27?,28-,29-,30-/m1/s1. The molecule has 0 heterocycles. The molecule has 192 valence electrons. The predicted molar refractivity (Wildman–Crippen MR) is 140 cm³/mol. The molecule has 4 saturated carbocycles. The van der Waals surface area contributed by atoms with Crippen molar-refractivity contribution in [2.45, 2.75) is 124 Å². The van der Waals surface area contributed by atoms with Crippen LogP contribution in [-0.4, -0.2) is 30.3 Å². The van der Waals surface area contributed by atoms with Crippen molar-refractivity contribution in [3.8, 4) is 0 Å². The smallest absolute Gasteiger partial charge is 0.0543 e. The third kappa shape index (κ3) is 4.94. The highest BCUT2D eigenvalue weighted by Crippen LogP contribution is 2.68. The second-order valence-electron chi connectivity index (χ2n) is 13.9. The van der Waals surface area contributed by atoms with Gasteiger partial charge in [-0.3, -0.25) is 0 Å². The molecule has 3 heteroatoms. The summed E-state index contributed by atoms with van der Waals surface area (Å²) >= 11 is 0. The maximum atomic E-state index is 10.6. The zero-order chi connectivity index (χ0) is 23.8.